The predicted molar refractivity (Wildman–Crippen MR) is 106 cm³/mol. The van der Waals surface area contributed by atoms with Gasteiger partial charge in [0.05, 0.1) is 30.0 Å². The van der Waals surface area contributed by atoms with Crippen molar-refractivity contribution >= 4 is 28.7 Å². The molecule has 9 nitrogen and oxygen atoms in total. The third-order valence-corrected chi connectivity index (χ3v) is 5.67. The largest absolute Gasteiger partial charge is 0.381 e. The first-order chi connectivity index (χ1) is 14.1. The summed E-state index contributed by atoms with van der Waals surface area (Å²) in [5.74, 6) is -1.02. The molecule has 1 amide bonds. The zero-order valence-corrected chi connectivity index (χ0v) is 15.8. The van der Waals surface area contributed by atoms with E-state index in [1.54, 1.807) is 12.4 Å². The molecule has 5 heterocycles. The Balaban J connectivity index is 1.43. The molecule has 3 aromatic heterocycles. The number of halogens is 1. The Morgan fingerprint density at radius 2 is 2.17 bits per heavy atom. The standard InChI is InChI=1S/C19H21FN8O/c20-12-8-23-18-16(17(21)25-28(18)10-12)19(29)24-14-9-22-4-3-15(14)27-7-6-26-5-1-2-13(26)11-27/h3-4,8-10,13H,1-2,5-7,11H2,(H2,21,25)(H,24,29)/t13-/m0/s1. The Kier molecular flexibility index (Phi) is 4.27. The maximum Gasteiger partial charge on any atom is 0.263 e. The van der Waals surface area contributed by atoms with E-state index >= 15 is 0 Å². The molecule has 3 aromatic rings. The maximum atomic E-state index is 13.4. The number of hydrogen-bond acceptors (Lipinski definition) is 7. The summed E-state index contributed by atoms with van der Waals surface area (Å²) in [5.41, 5.74) is 7.75. The normalized spacial score (nSPS) is 19.5. The van der Waals surface area contributed by atoms with Crippen LogP contribution in [-0.4, -0.2) is 62.6 Å². The number of nitrogens with zero attached hydrogens (tertiary/aromatic N) is 6. The van der Waals surface area contributed by atoms with E-state index in [9.17, 15) is 9.18 Å². The van der Waals surface area contributed by atoms with Crippen molar-refractivity contribution in [3.05, 3.63) is 42.2 Å². The smallest absolute Gasteiger partial charge is 0.263 e. The van der Waals surface area contributed by atoms with Crippen molar-refractivity contribution in [3.8, 4) is 0 Å². The lowest BCUT2D eigenvalue weighted by molar-refractivity contribution is 0.102. The first-order valence-corrected chi connectivity index (χ1v) is 9.64. The quantitative estimate of drug-likeness (QED) is 0.689. The molecular formula is C19H21FN8O. The van der Waals surface area contributed by atoms with Crippen LogP contribution in [0.2, 0.25) is 0 Å². The van der Waals surface area contributed by atoms with Gasteiger partial charge in [-0.1, -0.05) is 0 Å². The van der Waals surface area contributed by atoms with E-state index in [2.05, 4.69) is 30.2 Å². The van der Waals surface area contributed by atoms with Crippen LogP contribution in [0, 0.1) is 5.82 Å². The molecule has 3 N–H and O–H groups in total. The van der Waals surface area contributed by atoms with E-state index in [0.717, 1.165) is 37.7 Å². The molecule has 29 heavy (non-hydrogen) atoms. The van der Waals surface area contributed by atoms with E-state index in [0.29, 0.717) is 11.7 Å². The van der Waals surface area contributed by atoms with E-state index in [1.165, 1.54) is 23.9 Å². The number of aromatic nitrogens is 4. The van der Waals surface area contributed by atoms with Crippen LogP contribution in [0.25, 0.3) is 5.65 Å². The summed E-state index contributed by atoms with van der Waals surface area (Å²) in [5, 5.41) is 6.88. The van der Waals surface area contributed by atoms with Crippen LogP contribution in [0.5, 0.6) is 0 Å². The van der Waals surface area contributed by atoms with Gasteiger partial charge in [0.1, 0.15) is 5.56 Å². The van der Waals surface area contributed by atoms with Crippen molar-refractivity contribution in [1.82, 2.24) is 24.5 Å². The molecule has 10 heteroatoms. The van der Waals surface area contributed by atoms with Crippen LogP contribution in [0.15, 0.2) is 30.9 Å². The van der Waals surface area contributed by atoms with Gasteiger partial charge in [0.2, 0.25) is 0 Å². The summed E-state index contributed by atoms with van der Waals surface area (Å²) in [6.45, 7) is 3.99. The number of rotatable bonds is 3. The molecule has 0 aliphatic carbocycles. The molecule has 0 radical (unpaired) electrons. The van der Waals surface area contributed by atoms with Gasteiger partial charge in [0.25, 0.3) is 5.91 Å². The lowest BCUT2D eigenvalue weighted by Gasteiger charge is -2.39. The van der Waals surface area contributed by atoms with Gasteiger partial charge < -0.3 is 16.0 Å². The van der Waals surface area contributed by atoms with Crippen LogP contribution in [0.1, 0.15) is 23.2 Å². The molecule has 0 bridgehead atoms. The SMILES string of the molecule is Nc1nn2cc(F)cnc2c1C(=O)Nc1cnccc1N1CCN2CCC[C@H]2C1. The third kappa shape index (κ3) is 3.15. The van der Waals surface area contributed by atoms with Gasteiger partial charge in [-0.2, -0.15) is 0 Å². The Bertz CT molecular complexity index is 1080. The van der Waals surface area contributed by atoms with Crippen molar-refractivity contribution in [2.24, 2.45) is 0 Å². The zero-order chi connectivity index (χ0) is 20.0. The fourth-order valence-corrected chi connectivity index (χ4v) is 4.30. The average Bonchev–Trinajstić information content (AvgIpc) is 3.30. The van der Waals surface area contributed by atoms with Crippen LogP contribution < -0.4 is 16.0 Å². The molecule has 150 valence electrons. The fraction of sp³-hybridized carbons (Fsp3) is 0.368. The van der Waals surface area contributed by atoms with E-state index in [-0.39, 0.29) is 17.0 Å². The summed E-state index contributed by atoms with van der Waals surface area (Å²) >= 11 is 0. The van der Waals surface area contributed by atoms with Crippen molar-refractivity contribution in [3.63, 3.8) is 0 Å². The summed E-state index contributed by atoms with van der Waals surface area (Å²) in [4.78, 5) is 25.9. The fourth-order valence-electron chi connectivity index (χ4n) is 4.30. The summed E-state index contributed by atoms with van der Waals surface area (Å²) in [6.07, 6.45) is 7.95. The van der Waals surface area contributed by atoms with Crippen LogP contribution in [0.4, 0.5) is 21.6 Å². The van der Waals surface area contributed by atoms with Crippen molar-refractivity contribution in [2.45, 2.75) is 18.9 Å². The first kappa shape index (κ1) is 17.8. The number of fused-ring (bicyclic) bond motifs is 2. The molecule has 0 saturated carbocycles. The van der Waals surface area contributed by atoms with Crippen molar-refractivity contribution in [2.75, 3.05) is 42.1 Å². The average molecular weight is 396 g/mol. The van der Waals surface area contributed by atoms with E-state index in [4.69, 9.17) is 5.73 Å². The van der Waals surface area contributed by atoms with E-state index in [1.807, 2.05) is 6.07 Å². The first-order valence-electron chi connectivity index (χ1n) is 9.64. The summed E-state index contributed by atoms with van der Waals surface area (Å²) < 4.78 is 14.6. The Morgan fingerprint density at radius 1 is 1.28 bits per heavy atom. The highest BCUT2D eigenvalue weighted by atomic mass is 19.1. The summed E-state index contributed by atoms with van der Waals surface area (Å²) in [6, 6.07) is 2.46. The number of nitrogens with two attached hydrogens (primary N) is 1. The molecule has 0 aromatic carbocycles. The number of anilines is 3. The van der Waals surface area contributed by atoms with Gasteiger partial charge in [-0.25, -0.2) is 13.9 Å². The lowest BCUT2D eigenvalue weighted by Crippen LogP contribution is -2.50. The predicted octanol–water partition coefficient (Wildman–Crippen LogP) is 1.38. The molecule has 1 atom stereocenters. The molecule has 2 saturated heterocycles. The number of carbonyl (C=O) groups excluding carboxylic acids is 1. The topological polar surface area (TPSA) is 105 Å². The molecule has 2 aliphatic rings. The van der Waals surface area contributed by atoms with Crippen molar-refractivity contribution < 1.29 is 9.18 Å². The molecule has 5 rings (SSSR count). The molecule has 0 unspecified atom stereocenters. The monoisotopic (exact) mass is 396 g/mol. The maximum absolute atomic E-state index is 13.4. The van der Waals surface area contributed by atoms with Gasteiger partial charge in [0, 0.05) is 31.9 Å². The van der Waals surface area contributed by atoms with Crippen LogP contribution in [0.3, 0.4) is 0 Å². The molecule has 2 fully saturated rings. The second-order valence-electron chi connectivity index (χ2n) is 7.43. The van der Waals surface area contributed by atoms with Crippen LogP contribution in [-0.2, 0) is 0 Å². The van der Waals surface area contributed by atoms with Gasteiger partial charge in [0.15, 0.2) is 17.3 Å². The second kappa shape index (κ2) is 6.96. The number of amides is 1. The third-order valence-electron chi connectivity index (χ3n) is 5.67. The highest BCUT2D eigenvalue weighted by Crippen LogP contribution is 2.30. The number of nitrogen functional groups attached to an aromatic ring is 1. The Hall–Kier alpha value is -3.27. The second-order valence-corrected chi connectivity index (χ2v) is 7.43. The minimum absolute atomic E-state index is 0.00869. The van der Waals surface area contributed by atoms with Gasteiger partial charge in [-0.15, -0.1) is 5.10 Å². The molecule has 2 aliphatic heterocycles. The highest BCUT2D eigenvalue weighted by molar-refractivity contribution is 6.12. The van der Waals surface area contributed by atoms with E-state index < -0.39 is 11.7 Å². The Morgan fingerprint density at radius 3 is 3.07 bits per heavy atom. The number of carbonyl (C=O) groups is 1. The minimum Gasteiger partial charge on any atom is -0.381 e. The number of pyridine rings is 1. The van der Waals surface area contributed by atoms with Gasteiger partial charge in [-0.05, 0) is 25.5 Å². The minimum atomic E-state index is -0.562. The van der Waals surface area contributed by atoms with Crippen molar-refractivity contribution in [1.29, 1.82) is 0 Å². The molecule has 0 spiro atoms. The van der Waals surface area contributed by atoms with Crippen LogP contribution >= 0.6 is 0 Å². The van der Waals surface area contributed by atoms with Gasteiger partial charge >= 0.3 is 0 Å². The summed E-state index contributed by atoms with van der Waals surface area (Å²) in [7, 11) is 0. The zero-order valence-electron chi connectivity index (χ0n) is 15.8. The molecular weight excluding hydrogens is 375 g/mol. The number of nitrogens with one attached hydrogen (secondary N) is 1. The number of hydrogen-bond donors (Lipinski definition) is 2. The number of piperazine rings is 1. The van der Waals surface area contributed by atoms with Gasteiger partial charge in [-0.3, -0.25) is 14.7 Å². The highest BCUT2D eigenvalue weighted by Gasteiger charge is 2.31. The lowest BCUT2D eigenvalue weighted by atomic mass is 10.1. The Labute approximate surface area is 166 Å².